The van der Waals surface area contributed by atoms with Crippen LogP contribution in [-0.4, -0.2) is 242 Å². The Bertz CT molecular complexity index is 2770. The average Bonchev–Trinajstić information content (AvgIpc) is 2.95. The minimum absolute atomic E-state index is 0.00548. The van der Waals surface area contributed by atoms with E-state index in [1.807, 2.05) is 0 Å². The summed E-state index contributed by atoms with van der Waals surface area (Å²) in [5.74, 6) is -13.9. The molecule has 1 aromatic carbocycles. The Balaban J connectivity index is 1.34. The second-order valence-corrected chi connectivity index (χ2v) is 21.2. The number of benzene rings is 1. The number of hydrogen-bond acceptors (Lipinski definition) is 18. The number of furan rings is 1. The van der Waals surface area contributed by atoms with Gasteiger partial charge in [0, 0.05) is 71.4 Å². The molecule has 0 spiro atoms. The number of amides is 6. The van der Waals surface area contributed by atoms with Crippen LogP contribution in [0, 0.1) is 11.3 Å². The molecule has 2 fully saturated rings. The van der Waals surface area contributed by atoms with E-state index in [0.717, 1.165) is 4.90 Å². The lowest BCUT2D eigenvalue weighted by Crippen LogP contribution is -2.60. The Labute approximate surface area is 498 Å². The first-order chi connectivity index (χ1) is 41.1. The lowest BCUT2D eigenvalue weighted by Gasteiger charge is -2.42. The van der Waals surface area contributed by atoms with Gasteiger partial charge in [0.05, 0.1) is 71.6 Å². The van der Waals surface area contributed by atoms with Gasteiger partial charge in [0.2, 0.25) is 35.4 Å². The van der Waals surface area contributed by atoms with Crippen molar-refractivity contribution in [1.82, 2.24) is 56.0 Å². The van der Waals surface area contributed by atoms with Crippen LogP contribution in [0.1, 0.15) is 81.1 Å². The summed E-state index contributed by atoms with van der Waals surface area (Å²) in [4.78, 5) is 152. The van der Waals surface area contributed by atoms with Gasteiger partial charge in [-0.3, -0.25) is 72.5 Å². The molecule has 478 valence electrons. The monoisotopic (exact) mass is 1230 g/mol. The number of carboxylic acid groups (broad SMARTS) is 5. The van der Waals surface area contributed by atoms with Gasteiger partial charge >= 0.3 is 29.8 Å². The fourth-order valence-electron chi connectivity index (χ4n) is 9.45. The molecule has 87 heavy (non-hydrogen) atoms. The van der Waals surface area contributed by atoms with Crippen molar-refractivity contribution < 1.29 is 91.5 Å². The molecular formula is C54H76F2N14O17. The third-order valence-corrected chi connectivity index (χ3v) is 13.7. The van der Waals surface area contributed by atoms with Crippen molar-refractivity contribution in [3.8, 4) is 6.07 Å². The number of rotatable bonds is 35. The quantitative estimate of drug-likeness (QED) is 0.0207. The zero-order valence-electron chi connectivity index (χ0n) is 48.2. The number of aliphatic carboxylic acids is 5. The van der Waals surface area contributed by atoms with Crippen molar-refractivity contribution in [3.05, 3.63) is 59.5 Å². The normalized spacial score (nSPS) is 17.2. The Morgan fingerprint density at radius 3 is 1.89 bits per heavy atom. The molecule has 0 radical (unpaired) electrons. The summed E-state index contributed by atoms with van der Waals surface area (Å²) >= 11 is 0. The molecule has 2 aliphatic heterocycles. The number of halogens is 2. The number of guanidine groups is 1. The Morgan fingerprint density at radius 2 is 1.30 bits per heavy atom. The van der Waals surface area contributed by atoms with Crippen molar-refractivity contribution in [2.75, 3.05) is 80.0 Å². The molecule has 1 aromatic heterocycles. The van der Waals surface area contributed by atoms with E-state index in [0.29, 0.717) is 11.1 Å². The van der Waals surface area contributed by atoms with Crippen LogP contribution in [0.5, 0.6) is 0 Å². The molecule has 2 aromatic rings. The summed E-state index contributed by atoms with van der Waals surface area (Å²) in [7, 11) is 3.34. The number of unbranched alkanes of at least 4 members (excludes halogenated alkanes) is 1. The fourth-order valence-corrected chi connectivity index (χ4v) is 9.45. The van der Waals surface area contributed by atoms with Crippen molar-refractivity contribution >= 4 is 71.2 Å². The molecule has 4 rings (SSSR count). The van der Waals surface area contributed by atoms with Crippen molar-refractivity contribution in [3.63, 3.8) is 0 Å². The molecule has 1 unspecified atom stereocenters. The number of likely N-dealkylation sites (tertiary alicyclic amines) is 1. The standard InChI is InChI=1S/C54H76F2N14O17/c1-65(2)53(58)60-18-8-12-38(62-44(73)16-15-43(72)61-24-35-19-37(87-28-35)21-45(74)70-29-54(55,56)22-36(70)23-57)49(81)64-40(20-34-9-4-3-5-10-34)50(82)63-39(51(83)84)11-6-7-17-59-42(71)14-13-41(52(85)86)69-32-67(26-47(77)78)30-66(25-46(75)76)31-68(33-69)27-48(79)80/h3-5,9-10,19,28,36,38-41H,6-8,11-18,20-22,24-27,29-33H2,1-2H3,(H2,58,60)(H,59,71)(H,61,72)(H,62,73)(H,63,82)(H,64,81)(H,75,76)(H,77,78)(H,79,80)(H,83,84)(H,85,86)/t36-,38-,39-,40-,41?/m0/s1. The third-order valence-electron chi connectivity index (χ3n) is 13.7. The maximum atomic E-state index is 14.1. The molecule has 2 aliphatic rings. The number of nitrogens with two attached hydrogens (primary N) is 1. The summed E-state index contributed by atoms with van der Waals surface area (Å²) < 4.78 is 33.1. The third kappa shape index (κ3) is 25.7. The number of nitriles is 1. The highest BCUT2D eigenvalue weighted by Gasteiger charge is 2.47. The van der Waals surface area contributed by atoms with Crippen molar-refractivity contribution in [2.24, 2.45) is 10.7 Å². The molecule has 6 amide bonds. The van der Waals surface area contributed by atoms with Crippen LogP contribution in [0.2, 0.25) is 0 Å². The topological polar surface area (TPSA) is 444 Å². The molecule has 2 saturated heterocycles. The Hall–Kier alpha value is -8.87. The van der Waals surface area contributed by atoms with E-state index in [9.17, 15) is 92.3 Å². The Morgan fingerprint density at radius 1 is 0.724 bits per heavy atom. The van der Waals surface area contributed by atoms with Gasteiger partial charge in [0.25, 0.3) is 5.92 Å². The summed E-state index contributed by atoms with van der Waals surface area (Å²) in [5, 5.41) is 71.0. The molecule has 31 nitrogen and oxygen atoms in total. The number of aliphatic imine (C=N–C) groups is 1. The van der Waals surface area contributed by atoms with Crippen LogP contribution in [0.15, 0.2) is 52.1 Å². The summed E-state index contributed by atoms with van der Waals surface area (Å²) in [6.07, 6.45) is -1.12. The predicted octanol–water partition coefficient (Wildman–Crippen LogP) is -1.76. The lowest BCUT2D eigenvalue weighted by atomic mass is 10.0. The van der Waals surface area contributed by atoms with Gasteiger partial charge in [-0.25, -0.2) is 13.6 Å². The van der Waals surface area contributed by atoms with Gasteiger partial charge in [0.15, 0.2) is 5.96 Å². The highest BCUT2D eigenvalue weighted by Crippen LogP contribution is 2.32. The number of nitrogens with zero attached hydrogens (tertiary/aromatic N) is 8. The first-order valence-corrected chi connectivity index (χ1v) is 27.7. The summed E-state index contributed by atoms with van der Waals surface area (Å²) in [6, 6.07) is 4.68. The van der Waals surface area contributed by atoms with Gasteiger partial charge in [-0.2, -0.15) is 5.26 Å². The first kappa shape index (κ1) is 70.6. The lowest BCUT2D eigenvalue weighted by molar-refractivity contribution is -0.152. The number of nitrogens with one attached hydrogen (secondary N) is 5. The van der Waals surface area contributed by atoms with Crippen LogP contribution in [0.25, 0.3) is 0 Å². The van der Waals surface area contributed by atoms with Gasteiger partial charge in [-0.1, -0.05) is 30.3 Å². The van der Waals surface area contributed by atoms with Gasteiger partial charge in [0.1, 0.15) is 36.0 Å². The number of carbonyl (C=O) groups is 11. The van der Waals surface area contributed by atoms with E-state index in [1.165, 1.54) is 31.9 Å². The van der Waals surface area contributed by atoms with Crippen molar-refractivity contribution in [1.29, 1.82) is 5.26 Å². The van der Waals surface area contributed by atoms with E-state index >= 15 is 0 Å². The van der Waals surface area contributed by atoms with Gasteiger partial charge in [-0.15, -0.1) is 0 Å². The summed E-state index contributed by atoms with van der Waals surface area (Å²) in [5.41, 5.74) is 6.91. The van der Waals surface area contributed by atoms with Crippen LogP contribution >= 0.6 is 0 Å². The Kier molecular flexibility index (Phi) is 28.4. The number of carbonyl (C=O) groups excluding carboxylic acids is 6. The highest BCUT2D eigenvalue weighted by atomic mass is 19.3. The van der Waals surface area contributed by atoms with E-state index in [2.05, 4.69) is 31.6 Å². The zero-order valence-corrected chi connectivity index (χ0v) is 48.2. The molecule has 33 heteroatoms. The van der Waals surface area contributed by atoms with E-state index in [-0.39, 0.29) is 116 Å². The second-order valence-electron chi connectivity index (χ2n) is 21.2. The summed E-state index contributed by atoms with van der Waals surface area (Å²) in [6.45, 7) is -3.90. The van der Waals surface area contributed by atoms with E-state index in [4.69, 9.17) is 10.2 Å². The fraction of sp³-hybridized carbons (Fsp3) is 0.574. The molecule has 12 N–H and O–H groups in total. The second kappa shape index (κ2) is 34.9. The number of alkyl halides is 2. The molecule has 3 heterocycles. The molecular weight excluding hydrogens is 1150 g/mol. The molecule has 0 saturated carbocycles. The molecule has 0 aliphatic carbocycles. The number of hydrogen-bond donors (Lipinski definition) is 11. The van der Waals surface area contributed by atoms with Gasteiger partial charge in [-0.05, 0) is 50.2 Å². The van der Waals surface area contributed by atoms with Crippen LogP contribution in [0.4, 0.5) is 8.78 Å². The van der Waals surface area contributed by atoms with Crippen LogP contribution in [-0.2, 0) is 72.1 Å². The van der Waals surface area contributed by atoms with Gasteiger partial charge < -0.3 is 72.1 Å². The molecule has 0 bridgehead atoms. The molecule has 5 atom stereocenters. The van der Waals surface area contributed by atoms with Crippen molar-refractivity contribution in [2.45, 2.75) is 120 Å². The van der Waals surface area contributed by atoms with E-state index < -0.39 is 147 Å². The largest absolute Gasteiger partial charge is 0.480 e. The highest BCUT2D eigenvalue weighted by molar-refractivity contribution is 5.94. The maximum Gasteiger partial charge on any atom is 0.326 e. The predicted molar refractivity (Wildman–Crippen MR) is 299 cm³/mol. The average molecular weight is 1230 g/mol. The smallest absolute Gasteiger partial charge is 0.326 e. The van der Waals surface area contributed by atoms with Crippen LogP contribution in [0.3, 0.4) is 0 Å². The number of carboxylic acids is 5. The zero-order chi connectivity index (χ0) is 64.4. The van der Waals surface area contributed by atoms with Crippen LogP contribution < -0.4 is 32.3 Å². The SMILES string of the molecule is CN(C)C(N)=NCCC[C@H](NC(=O)CCC(=O)NCc1coc(CC(=O)N2CC(F)(F)C[C@H]2C#N)c1)C(=O)N[C@@H](Cc1ccccc1)C(=O)N[C@@H](CCCCNC(=O)CCC(C(=O)O)N1CN(CC(=O)O)CN(CC(=O)O)CN(CC(=O)O)C1)C(=O)O. The minimum Gasteiger partial charge on any atom is -0.480 e. The minimum atomic E-state index is -3.20. The van der Waals surface area contributed by atoms with E-state index in [1.54, 1.807) is 55.4 Å². The first-order valence-electron chi connectivity index (χ1n) is 27.7. The maximum absolute atomic E-state index is 14.1.